The average Bonchev–Trinajstić information content (AvgIpc) is 2.29. The summed E-state index contributed by atoms with van der Waals surface area (Å²) in [6, 6.07) is 8.71. The molecule has 0 saturated carbocycles. The molecule has 0 bridgehead atoms. The van der Waals surface area contributed by atoms with Gasteiger partial charge in [-0.15, -0.1) is 0 Å². The van der Waals surface area contributed by atoms with Gasteiger partial charge in [-0.2, -0.15) is 0 Å². The van der Waals surface area contributed by atoms with E-state index in [4.69, 9.17) is 0 Å². The van der Waals surface area contributed by atoms with Crippen LogP contribution in [-0.2, 0) is 9.47 Å². The zero-order chi connectivity index (χ0) is 12.0. The summed E-state index contributed by atoms with van der Waals surface area (Å²) < 4.78 is 8.97. The van der Waals surface area contributed by atoms with Crippen molar-refractivity contribution in [1.82, 2.24) is 0 Å². The summed E-state index contributed by atoms with van der Waals surface area (Å²) in [5, 5.41) is 0. The number of rotatable bonds is 3. The molecule has 0 saturated heterocycles. The van der Waals surface area contributed by atoms with Gasteiger partial charge >= 0.3 is 6.16 Å². The first-order chi connectivity index (χ1) is 7.63. The maximum Gasteiger partial charge on any atom is 0.513 e. The summed E-state index contributed by atoms with van der Waals surface area (Å²) in [6.45, 7) is 1.51. The quantitative estimate of drug-likeness (QED) is 0.340. The molecule has 4 nitrogen and oxygen atoms in total. The molecule has 0 unspecified atom stereocenters. The number of carbonyl (C=O) groups is 2. The van der Waals surface area contributed by atoms with Gasteiger partial charge in [-0.05, 0) is 6.92 Å². The van der Waals surface area contributed by atoms with Crippen molar-refractivity contribution in [1.29, 1.82) is 0 Å². The lowest BCUT2D eigenvalue weighted by Crippen LogP contribution is -2.04. The van der Waals surface area contributed by atoms with Crippen LogP contribution in [0.25, 0.3) is 0 Å². The molecule has 0 atom stereocenters. The minimum Gasteiger partial charge on any atom is -0.437 e. The van der Waals surface area contributed by atoms with Gasteiger partial charge in [-0.1, -0.05) is 30.3 Å². The van der Waals surface area contributed by atoms with Gasteiger partial charge < -0.3 is 9.47 Å². The molecule has 0 spiro atoms. The van der Waals surface area contributed by atoms with E-state index in [0.29, 0.717) is 5.56 Å². The van der Waals surface area contributed by atoms with Crippen LogP contribution < -0.4 is 0 Å². The fourth-order valence-electron chi connectivity index (χ4n) is 1.07. The third-order valence-corrected chi connectivity index (χ3v) is 1.80. The summed E-state index contributed by atoms with van der Waals surface area (Å²) in [7, 11) is 1.20. The Bertz CT molecular complexity index is 406. The molecule has 0 aliphatic heterocycles. The highest BCUT2D eigenvalue weighted by Gasteiger charge is 2.06. The molecule has 1 aromatic carbocycles. The summed E-state index contributed by atoms with van der Waals surface area (Å²) in [6.07, 6.45) is 0.404. The predicted molar refractivity (Wildman–Crippen MR) is 58.0 cm³/mol. The highest BCUT2D eigenvalue weighted by atomic mass is 16.7. The topological polar surface area (TPSA) is 52.6 Å². The standard InChI is InChI=1S/C12H12O4/c1-9(16-12(14)15-2)8-11(13)10-6-4-3-5-7-10/h3-8H,1-2H3/b9-8+. The molecule has 0 aliphatic carbocycles. The van der Waals surface area contributed by atoms with Crippen LogP contribution in [-0.4, -0.2) is 19.0 Å². The van der Waals surface area contributed by atoms with Crippen LogP contribution in [0.3, 0.4) is 0 Å². The first-order valence-electron chi connectivity index (χ1n) is 4.67. The summed E-state index contributed by atoms with van der Waals surface area (Å²) in [5.41, 5.74) is 0.537. The first-order valence-corrected chi connectivity index (χ1v) is 4.67. The van der Waals surface area contributed by atoms with Crippen molar-refractivity contribution in [2.45, 2.75) is 6.92 Å². The van der Waals surface area contributed by atoms with Crippen LogP contribution >= 0.6 is 0 Å². The number of ether oxygens (including phenoxy) is 2. The lowest BCUT2D eigenvalue weighted by molar-refractivity contribution is 0.0955. The van der Waals surface area contributed by atoms with Crippen LogP contribution in [0.4, 0.5) is 4.79 Å². The second-order valence-corrected chi connectivity index (χ2v) is 3.04. The lowest BCUT2D eigenvalue weighted by atomic mass is 10.1. The molecule has 0 aliphatic rings. The highest BCUT2D eigenvalue weighted by molar-refractivity contribution is 6.04. The molecular formula is C12H12O4. The molecule has 0 radical (unpaired) electrons. The van der Waals surface area contributed by atoms with Crippen molar-refractivity contribution < 1.29 is 19.1 Å². The maximum absolute atomic E-state index is 11.6. The first kappa shape index (κ1) is 12.0. The van der Waals surface area contributed by atoms with Crippen molar-refractivity contribution >= 4 is 11.9 Å². The van der Waals surface area contributed by atoms with Crippen LogP contribution in [0.15, 0.2) is 42.2 Å². The minimum absolute atomic E-state index is 0.195. The van der Waals surface area contributed by atoms with E-state index in [1.165, 1.54) is 20.1 Å². The van der Waals surface area contributed by atoms with Crippen molar-refractivity contribution in [2.75, 3.05) is 7.11 Å². The monoisotopic (exact) mass is 220 g/mol. The number of hydrogen-bond acceptors (Lipinski definition) is 4. The summed E-state index contributed by atoms with van der Waals surface area (Å²) in [4.78, 5) is 22.4. The van der Waals surface area contributed by atoms with Gasteiger partial charge in [0.2, 0.25) is 0 Å². The number of carbonyl (C=O) groups excluding carboxylic acids is 2. The Labute approximate surface area is 93.5 Å². The van der Waals surface area contributed by atoms with Crippen molar-refractivity contribution in [3.63, 3.8) is 0 Å². The summed E-state index contributed by atoms with van der Waals surface area (Å²) >= 11 is 0. The number of allylic oxidation sites excluding steroid dienone is 2. The molecule has 16 heavy (non-hydrogen) atoms. The van der Waals surface area contributed by atoms with E-state index in [9.17, 15) is 9.59 Å². The van der Waals surface area contributed by atoms with Crippen LogP contribution in [0, 0.1) is 0 Å². The van der Waals surface area contributed by atoms with Gasteiger partial charge in [0.25, 0.3) is 0 Å². The average molecular weight is 220 g/mol. The van der Waals surface area contributed by atoms with Gasteiger partial charge in [0.1, 0.15) is 5.76 Å². The Morgan fingerprint density at radius 1 is 1.19 bits per heavy atom. The number of hydrogen-bond donors (Lipinski definition) is 0. The number of methoxy groups -OCH3 is 1. The van der Waals surface area contributed by atoms with Crippen molar-refractivity contribution in [2.24, 2.45) is 0 Å². The van der Waals surface area contributed by atoms with E-state index in [0.717, 1.165) is 0 Å². The van der Waals surface area contributed by atoms with E-state index in [1.807, 2.05) is 6.07 Å². The molecule has 1 aromatic rings. The predicted octanol–water partition coefficient (Wildman–Crippen LogP) is 2.56. The molecule has 84 valence electrons. The normalized spacial score (nSPS) is 10.8. The molecule has 1 rings (SSSR count). The SMILES string of the molecule is COC(=O)O/C(C)=C/C(=O)c1ccccc1. The van der Waals surface area contributed by atoms with E-state index in [-0.39, 0.29) is 11.5 Å². The van der Waals surface area contributed by atoms with Gasteiger partial charge in [-0.25, -0.2) is 4.79 Å². The van der Waals surface area contributed by atoms with Crippen molar-refractivity contribution in [3.8, 4) is 0 Å². The van der Waals surface area contributed by atoms with E-state index < -0.39 is 6.16 Å². The Balaban J connectivity index is 2.70. The van der Waals surface area contributed by atoms with Crippen molar-refractivity contribution in [3.05, 3.63) is 47.7 Å². The molecule has 0 amide bonds. The highest BCUT2D eigenvalue weighted by Crippen LogP contribution is 2.05. The third kappa shape index (κ3) is 3.57. The van der Waals surface area contributed by atoms with Gasteiger partial charge in [0, 0.05) is 11.6 Å². The Morgan fingerprint density at radius 2 is 1.81 bits per heavy atom. The largest absolute Gasteiger partial charge is 0.513 e. The van der Waals surface area contributed by atoms with E-state index in [2.05, 4.69) is 9.47 Å². The molecule has 4 heteroatoms. The van der Waals surface area contributed by atoms with Crippen LogP contribution in [0.5, 0.6) is 0 Å². The molecule has 0 N–H and O–H groups in total. The van der Waals surface area contributed by atoms with Gasteiger partial charge in [0.15, 0.2) is 5.78 Å². The minimum atomic E-state index is -0.838. The summed E-state index contributed by atoms with van der Waals surface area (Å²) in [5.74, 6) is -0.0253. The fraction of sp³-hybridized carbons (Fsp3) is 0.167. The van der Waals surface area contributed by atoms with E-state index in [1.54, 1.807) is 24.3 Å². The zero-order valence-electron chi connectivity index (χ0n) is 9.10. The maximum atomic E-state index is 11.6. The molecule has 0 heterocycles. The van der Waals surface area contributed by atoms with Crippen LogP contribution in [0.2, 0.25) is 0 Å². The second-order valence-electron chi connectivity index (χ2n) is 3.04. The third-order valence-electron chi connectivity index (χ3n) is 1.80. The molecule has 0 aromatic heterocycles. The second kappa shape index (κ2) is 5.70. The van der Waals surface area contributed by atoms with Gasteiger partial charge in [-0.3, -0.25) is 4.79 Å². The number of benzene rings is 1. The van der Waals surface area contributed by atoms with Gasteiger partial charge in [0.05, 0.1) is 7.11 Å². The smallest absolute Gasteiger partial charge is 0.437 e. The van der Waals surface area contributed by atoms with Crippen LogP contribution in [0.1, 0.15) is 17.3 Å². The Kier molecular flexibility index (Phi) is 4.27. The number of ketones is 1. The molecular weight excluding hydrogens is 208 g/mol. The Hall–Kier alpha value is -2.10. The fourth-order valence-corrected chi connectivity index (χ4v) is 1.07. The molecule has 0 fully saturated rings. The Morgan fingerprint density at radius 3 is 2.38 bits per heavy atom. The lowest BCUT2D eigenvalue weighted by Gasteiger charge is -2.01. The zero-order valence-corrected chi connectivity index (χ0v) is 9.10. The van der Waals surface area contributed by atoms with E-state index >= 15 is 0 Å².